The molecule has 0 spiro atoms. The molecule has 0 bridgehead atoms. The number of nitrogens with two attached hydrogens (primary N) is 1. The summed E-state index contributed by atoms with van der Waals surface area (Å²) in [6, 6.07) is 12.9. The molecule has 4 nitrogen and oxygen atoms in total. The number of anilines is 2. The summed E-state index contributed by atoms with van der Waals surface area (Å²) in [4.78, 5) is 27.2. The Kier molecular flexibility index (Phi) is 4.46. The Bertz CT molecular complexity index is 794. The average Bonchev–Trinajstić information content (AvgIpc) is 2.77. The molecule has 2 aromatic carbocycles. The first kappa shape index (κ1) is 16.1. The van der Waals surface area contributed by atoms with Crippen LogP contribution in [0.5, 0.6) is 0 Å². The highest BCUT2D eigenvalue weighted by Crippen LogP contribution is 2.37. The quantitative estimate of drug-likeness (QED) is 0.639. The molecule has 1 fully saturated rings. The van der Waals surface area contributed by atoms with Gasteiger partial charge in [0.25, 0.3) is 0 Å². The van der Waals surface area contributed by atoms with Crippen LogP contribution >= 0.6 is 27.7 Å². The molecule has 1 saturated heterocycles. The van der Waals surface area contributed by atoms with Crippen molar-refractivity contribution in [3.8, 4) is 0 Å². The summed E-state index contributed by atoms with van der Waals surface area (Å²) in [5.74, 6) is -0.360. The second kappa shape index (κ2) is 6.37. The number of aryl methyl sites for hydroxylation is 1. The lowest BCUT2D eigenvalue weighted by molar-refractivity contribution is -0.121. The van der Waals surface area contributed by atoms with E-state index in [1.54, 1.807) is 12.1 Å². The fraction of sp³-hybridized carbons (Fsp3) is 0.176. The predicted molar refractivity (Wildman–Crippen MR) is 96.5 cm³/mol. The third-order valence-corrected chi connectivity index (χ3v) is 5.47. The molecule has 0 aliphatic carbocycles. The fourth-order valence-corrected chi connectivity index (χ4v) is 4.14. The molecular formula is C17H15BrN2O2S. The van der Waals surface area contributed by atoms with Crippen molar-refractivity contribution in [2.45, 2.75) is 23.5 Å². The van der Waals surface area contributed by atoms with Gasteiger partial charge in [0.15, 0.2) is 0 Å². The van der Waals surface area contributed by atoms with E-state index in [0.717, 1.165) is 14.9 Å². The second-order valence-corrected chi connectivity index (χ2v) is 7.51. The summed E-state index contributed by atoms with van der Waals surface area (Å²) in [7, 11) is 0. The predicted octanol–water partition coefficient (Wildman–Crippen LogP) is 3.76. The highest BCUT2D eigenvalue weighted by molar-refractivity contribution is 9.10. The van der Waals surface area contributed by atoms with Crippen LogP contribution in [-0.4, -0.2) is 17.1 Å². The summed E-state index contributed by atoms with van der Waals surface area (Å²) in [6.45, 7) is 1.89. The summed E-state index contributed by atoms with van der Waals surface area (Å²) < 4.78 is 0.917. The zero-order chi connectivity index (χ0) is 16.6. The Morgan fingerprint density at radius 2 is 1.96 bits per heavy atom. The first-order chi connectivity index (χ1) is 11.0. The van der Waals surface area contributed by atoms with E-state index in [9.17, 15) is 9.59 Å². The Hall–Kier alpha value is -1.79. The zero-order valence-corrected chi connectivity index (χ0v) is 14.9. The maximum Gasteiger partial charge on any atom is 0.247 e. The summed E-state index contributed by atoms with van der Waals surface area (Å²) >= 11 is 4.74. The number of hydrogen-bond donors (Lipinski definition) is 1. The number of carbonyl (C=O) groups is 2. The third kappa shape index (κ3) is 3.14. The van der Waals surface area contributed by atoms with Crippen molar-refractivity contribution in [2.75, 3.05) is 10.6 Å². The van der Waals surface area contributed by atoms with Crippen LogP contribution in [0.1, 0.15) is 12.0 Å². The molecule has 3 rings (SSSR count). The lowest BCUT2D eigenvalue weighted by Gasteiger charge is -2.17. The van der Waals surface area contributed by atoms with E-state index >= 15 is 0 Å². The lowest BCUT2D eigenvalue weighted by Crippen LogP contribution is -2.31. The first-order valence-corrected chi connectivity index (χ1v) is 8.79. The van der Waals surface area contributed by atoms with Crippen LogP contribution in [0, 0.1) is 6.92 Å². The van der Waals surface area contributed by atoms with Gasteiger partial charge in [-0.1, -0.05) is 28.1 Å². The minimum atomic E-state index is -0.435. The van der Waals surface area contributed by atoms with Gasteiger partial charge in [-0.15, -0.1) is 11.8 Å². The Morgan fingerprint density at radius 3 is 2.65 bits per heavy atom. The number of carbonyl (C=O) groups excluding carboxylic acids is 2. The van der Waals surface area contributed by atoms with Crippen LogP contribution in [-0.2, 0) is 9.59 Å². The Balaban J connectivity index is 1.87. The minimum Gasteiger partial charge on any atom is -0.398 e. The Labute approximate surface area is 147 Å². The molecule has 0 saturated carbocycles. The van der Waals surface area contributed by atoms with Crippen LogP contribution in [0.15, 0.2) is 51.8 Å². The number of halogens is 1. The van der Waals surface area contributed by atoms with Crippen molar-refractivity contribution in [1.82, 2.24) is 0 Å². The van der Waals surface area contributed by atoms with Crippen LogP contribution in [0.4, 0.5) is 11.4 Å². The average molecular weight is 391 g/mol. The topological polar surface area (TPSA) is 63.4 Å². The van der Waals surface area contributed by atoms with E-state index in [1.807, 2.05) is 37.3 Å². The molecule has 2 aromatic rings. The lowest BCUT2D eigenvalue weighted by atomic mass is 10.2. The molecule has 0 radical (unpaired) electrons. The minimum absolute atomic E-state index is 0.174. The largest absolute Gasteiger partial charge is 0.398 e. The number of rotatable bonds is 3. The maximum atomic E-state index is 12.7. The van der Waals surface area contributed by atoms with Gasteiger partial charge in [0.2, 0.25) is 11.8 Å². The molecule has 1 atom stereocenters. The molecule has 2 amide bonds. The van der Waals surface area contributed by atoms with Crippen molar-refractivity contribution in [1.29, 1.82) is 0 Å². The smallest absolute Gasteiger partial charge is 0.247 e. The number of nitrogens with zero attached hydrogens (tertiary/aromatic N) is 1. The summed E-state index contributed by atoms with van der Waals surface area (Å²) in [5, 5.41) is -0.435. The van der Waals surface area contributed by atoms with Crippen LogP contribution in [0.2, 0.25) is 0 Å². The van der Waals surface area contributed by atoms with Gasteiger partial charge in [-0.2, -0.15) is 0 Å². The van der Waals surface area contributed by atoms with Crippen LogP contribution in [0.3, 0.4) is 0 Å². The van der Waals surface area contributed by atoms with E-state index in [0.29, 0.717) is 11.4 Å². The van der Waals surface area contributed by atoms with Crippen LogP contribution < -0.4 is 10.6 Å². The van der Waals surface area contributed by atoms with Gasteiger partial charge < -0.3 is 5.73 Å². The van der Waals surface area contributed by atoms with Gasteiger partial charge in [0.1, 0.15) is 0 Å². The van der Waals surface area contributed by atoms with E-state index in [2.05, 4.69) is 15.9 Å². The van der Waals surface area contributed by atoms with Gasteiger partial charge in [0, 0.05) is 21.5 Å². The van der Waals surface area contributed by atoms with Gasteiger partial charge >= 0.3 is 0 Å². The van der Waals surface area contributed by atoms with Crippen LogP contribution in [0.25, 0.3) is 0 Å². The standard InChI is InChI=1S/C17H15BrN2O2S/c1-10-8-11(18)6-7-13(10)20-16(21)9-15(17(20)22)23-14-5-3-2-4-12(14)19/h2-8,15H,9,19H2,1H3/t15-/m1/s1. The molecule has 118 valence electrons. The van der Waals surface area contributed by atoms with Crippen molar-refractivity contribution in [3.63, 3.8) is 0 Å². The van der Waals surface area contributed by atoms with Crippen molar-refractivity contribution in [2.24, 2.45) is 0 Å². The normalized spacial score (nSPS) is 17.8. The van der Waals surface area contributed by atoms with E-state index in [4.69, 9.17) is 5.73 Å². The first-order valence-electron chi connectivity index (χ1n) is 7.11. The maximum absolute atomic E-state index is 12.7. The van der Waals surface area contributed by atoms with Crippen molar-refractivity contribution >= 4 is 50.9 Å². The molecule has 6 heteroatoms. The van der Waals surface area contributed by atoms with Gasteiger partial charge in [-0.3, -0.25) is 9.59 Å². The number of para-hydroxylation sites is 1. The second-order valence-electron chi connectivity index (χ2n) is 5.35. The molecule has 0 aromatic heterocycles. The summed E-state index contributed by atoms with van der Waals surface area (Å²) in [5.41, 5.74) is 8.08. The molecule has 1 aliphatic rings. The number of benzene rings is 2. The number of amides is 2. The molecule has 2 N–H and O–H groups in total. The molecule has 0 unspecified atom stereocenters. The Morgan fingerprint density at radius 1 is 1.22 bits per heavy atom. The zero-order valence-electron chi connectivity index (χ0n) is 12.5. The van der Waals surface area contributed by atoms with E-state index in [-0.39, 0.29) is 18.2 Å². The number of thioether (sulfide) groups is 1. The molecule has 1 heterocycles. The van der Waals surface area contributed by atoms with Crippen molar-refractivity contribution in [3.05, 3.63) is 52.5 Å². The molecule has 1 aliphatic heterocycles. The monoisotopic (exact) mass is 390 g/mol. The van der Waals surface area contributed by atoms with E-state index < -0.39 is 5.25 Å². The van der Waals surface area contributed by atoms with Crippen molar-refractivity contribution < 1.29 is 9.59 Å². The van der Waals surface area contributed by atoms with E-state index in [1.165, 1.54) is 16.7 Å². The molecular weight excluding hydrogens is 376 g/mol. The molecule has 23 heavy (non-hydrogen) atoms. The highest BCUT2D eigenvalue weighted by atomic mass is 79.9. The summed E-state index contributed by atoms with van der Waals surface area (Å²) in [6.07, 6.45) is 0.188. The fourth-order valence-electron chi connectivity index (χ4n) is 2.56. The SMILES string of the molecule is Cc1cc(Br)ccc1N1C(=O)C[C@@H](Sc2ccccc2N)C1=O. The number of imide groups is 1. The highest BCUT2D eigenvalue weighted by Gasteiger charge is 2.40. The third-order valence-electron chi connectivity index (χ3n) is 3.69. The van der Waals surface area contributed by atoms with Gasteiger partial charge in [0.05, 0.1) is 10.9 Å². The number of hydrogen-bond acceptors (Lipinski definition) is 4. The number of nitrogen functional groups attached to an aromatic ring is 1. The van der Waals surface area contributed by atoms with Gasteiger partial charge in [-0.05, 0) is 42.8 Å². The van der Waals surface area contributed by atoms with Gasteiger partial charge in [-0.25, -0.2) is 4.90 Å².